The maximum Gasteiger partial charge on any atom is 0.170 e. The fourth-order valence-electron chi connectivity index (χ4n) is 3.39. The molecule has 2 N–H and O–H groups in total. The Morgan fingerprint density at radius 1 is 1.04 bits per heavy atom. The molecule has 1 aromatic carbocycles. The molecular weight excluding hydrogens is 328 g/mol. The predicted octanol–water partition coefficient (Wildman–Crippen LogP) is 3.89. The van der Waals surface area contributed by atoms with Crippen molar-refractivity contribution in [3.8, 4) is 0 Å². The number of benzene rings is 1. The minimum absolute atomic E-state index is 0.0236. The zero-order chi connectivity index (χ0) is 17.2. The van der Waals surface area contributed by atoms with Gasteiger partial charge in [0.25, 0.3) is 0 Å². The predicted molar refractivity (Wildman–Crippen MR) is 103 cm³/mol. The van der Waals surface area contributed by atoms with E-state index >= 15 is 0 Å². The summed E-state index contributed by atoms with van der Waals surface area (Å²) in [5, 5.41) is 4.23. The van der Waals surface area contributed by atoms with Crippen LogP contribution in [0, 0.1) is 6.92 Å². The fraction of sp³-hybridized carbons (Fsp3) is 0.200. The van der Waals surface area contributed by atoms with E-state index < -0.39 is 0 Å². The quantitative estimate of drug-likeness (QED) is 0.702. The maximum atomic E-state index is 5.67. The van der Waals surface area contributed by atoms with Gasteiger partial charge in [-0.3, -0.25) is 4.98 Å². The van der Waals surface area contributed by atoms with E-state index in [-0.39, 0.29) is 12.1 Å². The van der Waals surface area contributed by atoms with Crippen LogP contribution in [0.15, 0.2) is 66.9 Å². The topological polar surface area (TPSA) is 44.0 Å². The molecular formula is C20H20N4S. The second-order valence-electron chi connectivity index (χ2n) is 6.34. The zero-order valence-corrected chi connectivity index (χ0v) is 14.8. The third kappa shape index (κ3) is 3.15. The number of nitrogens with one attached hydrogen (secondary N) is 2. The molecule has 2 atom stereocenters. The van der Waals surface area contributed by atoms with Crippen molar-refractivity contribution in [2.24, 2.45) is 0 Å². The summed E-state index contributed by atoms with van der Waals surface area (Å²) in [6.45, 7) is 2.83. The molecule has 0 spiro atoms. The number of pyridine rings is 1. The van der Waals surface area contributed by atoms with Crippen molar-refractivity contribution in [2.45, 2.75) is 25.6 Å². The van der Waals surface area contributed by atoms with Crippen molar-refractivity contribution in [1.82, 2.24) is 20.2 Å². The Kier molecular flexibility index (Phi) is 4.24. The van der Waals surface area contributed by atoms with Crippen LogP contribution in [-0.4, -0.2) is 20.0 Å². The molecule has 3 heterocycles. The summed E-state index contributed by atoms with van der Waals surface area (Å²) in [6.07, 6.45) is 1.83. The number of rotatable bonds is 4. The van der Waals surface area contributed by atoms with Crippen LogP contribution in [0.5, 0.6) is 0 Å². The van der Waals surface area contributed by atoms with Crippen LogP contribution < -0.4 is 5.32 Å². The summed E-state index contributed by atoms with van der Waals surface area (Å²) in [4.78, 5) is 10.3. The smallest absolute Gasteiger partial charge is 0.170 e. The Balaban J connectivity index is 1.72. The molecule has 0 unspecified atom stereocenters. The summed E-state index contributed by atoms with van der Waals surface area (Å²) in [7, 11) is 0. The van der Waals surface area contributed by atoms with Gasteiger partial charge >= 0.3 is 0 Å². The first-order chi connectivity index (χ1) is 12.2. The van der Waals surface area contributed by atoms with Crippen LogP contribution in [0.25, 0.3) is 0 Å². The molecule has 0 aliphatic carbocycles. The highest BCUT2D eigenvalue weighted by molar-refractivity contribution is 7.80. The average molecular weight is 348 g/mol. The van der Waals surface area contributed by atoms with Gasteiger partial charge in [-0.05, 0) is 49.0 Å². The molecule has 1 aliphatic heterocycles. The van der Waals surface area contributed by atoms with Crippen molar-refractivity contribution in [1.29, 1.82) is 0 Å². The largest absolute Gasteiger partial charge is 0.361 e. The van der Waals surface area contributed by atoms with Gasteiger partial charge < -0.3 is 15.2 Å². The number of aromatic nitrogens is 2. The first kappa shape index (κ1) is 15.8. The Hall–Kier alpha value is -2.66. The van der Waals surface area contributed by atoms with E-state index in [1.807, 2.05) is 24.4 Å². The third-order valence-electron chi connectivity index (χ3n) is 4.57. The van der Waals surface area contributed by atoms with E-state index in [4.69, 9.17) is 12.2 Å². The lowest BCUT2D eigenvalue weighted by Gasteiger charge is -2.27. The molecule has 25 heavy (non-hydrogen) atoms. The Bertz CT molecular complexity index is 860. The first-order valence-corrected chi connectivity index (χ1v) is 8.81. The van der Waals surface area contributed by atoms with Gasteiger partial charge in [0, 0.05) is 24.1 Å². The number of aryl methyl sites for hydroxylation is 1. The molecule has 5 heteroatoms. The molecule has 4 nitrogen and oxygen atoms in total. The second kappa shape index (κ2) is 6.69. The minimum atomic E-state index is 0.0236. The van der Waals surface area contributed by atoms with E-state index in [0.29, 0.717) is 0 Å². The number of thiocarbonyl (C=S) groups is 1. The van der Waals surface area contributed by atoms with Crippen LogP contribution in [0.2, 0.25) is 0 Å². The van der Waals surface area contributed by atoms with Gasteiger partial charge in [-0.1, -0.05) is 36.4 Å². The number of aromatic amines is 1. The number of hydrogen-bond donors (Lipinski definition) is 2. The maximum absolute atomic E-state index is 5.67. The van der Waals surface area contributed by atoms with Crippen molar-refractivity contribution < 1.29 is 0 Å². The van der Waals surface area contributed by atoms with Gasteiger partial charge in [0.15, 0.2) is 5.11 Å². The van der Waals surface area contributed by atoms with E-state index in [1.54, 1.807) is 0 Å². The van der Waals surface area contributed by atoms with Gasteiger partial charge in [-0.2, -0.15) is 0 Å². The standard InChI is InChI=1S/C20H20N4S/c1-14-10-11-17(22-14)19-18(16-9-5-6-12-21-16)23-20(25)24(19)13-15-7-3-2-4-8-15/h2-12,18-19,22H,13H2,1H3,(H,23,25)/t18-,19+/m1/s1. The zero-order valence-electron chi connectivity index (χ0n) is 14.0. The van der Waals surface area contributed by atoms with Gasteiger partial charge in [0.2, 0.25) is 0 Å². The lowest BCUT2D eigenvalue weighted by Crippen LogP contribution is -2.29. The molecule has 0 bridgehead atoms. The number of H-pyrrole nitrogens is 1. The van der Waals surface area contributed by atoms with Crippen LogP contribution in [0.1, 0.15) is 34.7 Å². The Morgan fingerprint density at radius 2 is 1.84 bits per heavy atom. The number of nitrogens with zero attached hydrogens (tertiary/aromatic N) is 2. The molecule has 0 saturated carbocycles. The summed E-state index contributed by atoms with van der Waals surface area (Å²) in [6, 6.07) is 20.8. The van der Waals surface area contributed by atoms with Crippen LogP contribution in [0.3, 0.4) is 0 Å². The van der Waals surface area contributed by atoms with Gasteiger partial charge in [-0.15, -0.1) is 0 Å². The lowest BCUT2D eigenvalue weighted by molar-refractivity contribution is 0.306. The van der Waals surface area contributed by atoms with Crippen molar-refractivity contribution in [2.75, 3.05) is 0 Å². The fourth-order valence-corrected chi connectivity index (χ4v) is 3.70. The molecule has 1 saturated heterocycles. The molecule has 4 rings (SSSR count). The minimum Gasteiger partial charge on any atom is -0.361 e. The highest BCUT2D eigenvalue weighted by Crippen LogP contribution is 2.38. The highest BCUT2D eigenvalue weighted by atomic mass is 32.1. The van der Waals surface area contributed by atoms with Gasteiger partial charge in [-0.25, -0.2) is 0 Å². The van der Waals surface area contributed by atoms with Crippen LogP contribution in [0.4, 0.5) is 0 Å². The van der Waals surface area contributed by atoms with E-state index in [0.717, 1.165) is 28.7 Å². The molecule has 0 radical (unpaired) electrons. The average Bonchev–Trinajstić information content (AvgIpc) is 3.20. The summed E-state index contributed by atoms with van der Waals surface area (Å²) >= 11 is 5.67. The highest BCUT2D eigenvalue weighted by Gasteiger charge is 2.40. The molecule has 1 fully saturated rings. The SMILES string of the molecule is Cc1ccc([C@H]2[C@@H](c3ccccn3)NC(=S)N2Cc2ccccc2)[nH]1. The second-order valence-corrected chi connectivity index (χ2v) is 6.72. The van der Waals surface area contributed by atoms with E-state index in [1.165, 1.54) is 5.56 Å². The molecule has 1 aliphatic rings. The monoisotopic (exact) mass is 348 g/mol. The molecule has 0 amide bonds. The van der Waals surface area contributed by atoms with Crippen LogP contribution in [-0.2, 0) is 6.54 Å². The van der Waals surface area contributed by atoms with E-state index in [9.17, 15) is 0 Å². The van der Waals surface area contributed by atoms with Crippen molar-refractivity contribution in [3.63, 3.8) is 0 Å². The molecule has 3 aromatic rings. The third-order valence-corrected chi connectivity index (χ3v) is 4.92. The molecule has 2 aromatic heterocycles. The Labute approximate surface area is 152 Å². The van der Waals surface area contributed by atoms with Gasteiger partial charge in [0.1, 0.15) is 0 Å². The normalized spacial score (nSPS) is 19.9. The van der Waals surface area contributed by atoms with Gasteiger partial charge in [0.05, 0.1) is 17.8 Å². The van der Waals surface area contributed by atoms with Crippen molar-refractivity contribution in [3.05, 3.63) is 89.5 Å². The summed E-state index contributed by atoms with van der Waals surface area (Å²) in [5.41, 5.74) is 4.53. The lowest BCUT2D eigenvalue weighted by atomic mass is 10.0. The Morgan fingerprint density at radius 3 is 2.52 bits per heavy atom. The van der Waals surface area contributed by atoms with Crippen LogP contribution >= 0.6 is 12.2 Å². The van der Waals surface area contributed by atoms with Crippen molar-refractivity contribution >= 4 is 17.3 Å². The number of hydrogen-bond acceptors (Lipinski definition) is 2. The molecule has 126 valence electrons. The summed E-state index contributed by atoms with van der Waals surface area (Å²) in [5.74, 6) is 0. The summed E-state index contributed by atoms with van der Waals surface area (Å²) < 4.78 is 0. The first-order valence-electron chi connectivity index (χ1n) is 8.40. The van der Waals surface area contributed by atoms with E-state index in [2.05, 4.69) is 69.6 Å².